The summed E-state index contributed by atoms with van der Waals surface area (Å²) >= 11 is 0. The summed E-state index contributed by atoms with van der Waals surface area (Å²) in [6.45, 7) is 4.15. The van der Waals surface area contributed by atoms with Gasteiger partial charge in [0, 0.05) is 6.42 Å². The van der Waals surface area contributed by atoms with E-state index in [-0.39, 0.29) is 6.61 Å². The SMILES string of the molecule is CCC(=C(CC)c1ccccc1CC(O)CO)c1ccccc1. The van der Waals surface area contributed by atoms with Gasteiger partial charge in [-0.15, -0.1) is 0 Å². The maximum Gasteiger partial charge on any atom is 0.0811 e. The Balaban J connectivity index is 2.54. The van der Waals surface area contributed by atoms with E-state index in [1.807, 2.05) is 24.3 Å². The molecule has 0 aliphatic rings. The lowest BCUT2D eigenvalue weighted by Crippen LogP contribution is -2.16. The molecular weight excluding hydrogens is 284 g/mol. The van der Waals surface area contributed by atoms with E-state index >= 15 is 0 Å². The molecular formula is C21H26O2. The van der Waals surface area contributed by atoms with Gasteiger partial charge < -0.3 is 10.2 Å². The van der Waals surface area contributed by atoms with Gasteiger partial charge >= 0.3 is 0 Å². The van der Waals surface area contributed by atoms with Crippen LogP contribution in [0.1, 0.15) is 43.4 Å². The molecule has 2 N–H and O–H groups in total. The third kappa shape index (κ3) is 4.31. The number of allylic oxidation sites excluding steroid dienone is 2. The van der Waals surface area contributed by atoms with E-state index in [9.17, 15) is 5.11 Å². The molecule has 0 saturated carbocycles. The molecule has 23 heavy (non-hydrogen) atoms. The van der Waals surface area contributed by atoms with Gasteiger partial charge in [-0.3, -0.25) is 0 Å². The minimum absolute atomic E-state index is 0.209. The summed E-state index contributed by atoms with van der Waals surface area (Å²) in [5.74, 6) is 0. The zero-order valence-corrected chi connectivity index (χ0v) is 14.0. The van der Waals surface area contributed by atoms with Crippen molar-refractivity contribution in [1.82, 2.24) is 0 Å². The van der Waals surface area contributed by atoms with Crippen LogP contribution in [0.3, 0.4) is 0 Å². The van der Waals surface area contributed by atoms with Gasteiger partial charge in [0.25, 0.3) is 0 Å². The molecule has 0 amide bonds. The standard InChI is InChI=1S/C21H26O2/c1-3-19(16-10-6-5-7-11-16)20(4-2)21-13-9-8-12-17(21)14-18(23)15-22/h5-13,18,22-23H,3-4,14-15H2,1-2H3. The quantitative estimate of drug-likeness (QED) is 0.748. The van der Waals surface area contributed by atoms with Crippen molar-refractivity contribution in [1.29, 1.82) is 0 Å². The van der Waals surface area contributed by atoms with Crippen molar-refractivity contribution >= 4 is 11.1 Å². The molecule has 0 heterocycles. The molecule has 0 aromatic heterocycles. The zero-order valence-electron chi connectivity index (χ0n) is 14.0. The van der Waals surface area contributed by atoms with Crippen molar-refractivity contribution in [3.05, 3.63) is 71.3 Å². The first kappa shape index (κ1) is 17.5. The Morgan fingerprint density at radius 3 is 2.09 bits per heavy atom. The van der Waals surface area contributed by atoms with Crippen LogP contribution < -0.4 is 0 Å². The second-order valence-electron chi connectivity index (χ2n) is 5.73. The monoisotopic (exact) mass is 310 g/mol. The van der Waals surface area contributed by atoms with Gasteiger partial charge in [-0.2, -0.15) is 0 Å². The predicted octanol–water partition coefficient (Wildman–Crippen LogP) is 4.31. The number of aliphatic hydroxyl groups is 2. The molecule has 0 radical (unpaired) electrons. The summed E-state index contributed by atoms with van der Waals surface area (Å²) in [5, 5.41) is 19.0. The zero-order chi connectivity index (χ0) is 16.7. The highest BCUT2D eigenvalue weighted by atomic mass is 16.3. The lowest BCUT2D eigenvalue weighted by molar-refractivity contribution is 0.0954. The highest BCUT2D eigenvalue weighted by molar-refractivity contribution is 5.91. The lowest BCUT2D eigenvalue weighted by Gasteiger charge is -2.18. The highest BCUT2D eigenvalue weighted by Gasteiger charge is 2.14. The Bertz CT molecular complexity index is 644. The summed E-state index contributed by atoms with van der Waals surface area (Å²) in [4.78, 5) is 0. The van der Waals surface area contributed by atoms with Gasteiger partial charge in [-0.25, -0.2) is 0 Å². The first-order chi connectivity index (χ1) is 11.2. The van der Waals surface area contributed by atoms with Gasteiger partial charge in [0.1, 0.15) is 0 Å². The average molecular weight is 310 g/mol. The Kier molecular flexibility index (Phi) is 6.57. The van der Waals surface area contributed by atoms with E-state index < -0.39 is 6.10 Å². The molecule has 2 aromatic carbocycles. The van der Waals surface area contributed by atoms with Crippen molar-refractivity contribution in [3.8, 4) is 0 Å². The smallest absolute Gasteiger partial charge is 0.0811 e. The van der Waals surface area contributed by atoms with E-state index in [0.29, 0.717) is 6.42 Å². The van der Waals surface area contributed by atoms with E-state index in [0.717, 1.165) is 18.4 Å². The van der Waals surface area contributed by atoms with E-state index in [1.165, 1.54) is 22.3 Å². The Hall–Kier alpha value is -1.90. The molecule has 0 saturated heterocycles. The molecule has 2 rings (SSSR count). The van der Waals surface area contributed by atoms with Gasteiger partial charge in [0.2, 0.25) is 0 Å². The van der Waals surface area contributed by atoms with Crippen LogP contribution in [-0.4, -0.2) is 22.9 Å². The minimum Gasteiger partial charge on any atom is -0.394 e. The lowest BCUT2D eigenvalue weighted by atomic mass is 9.87. The first-order valence-corrected chi connectivity index (χ1v) is 8.35. The third-order valence-electron chi connectivity index (χ3n) is 4.20. The van der Waals surface area contributed by atoms with Gasteiger partial charge in [-0.05, 0) is 40.7 Å². The fourth-order valence-electron chi connectivity index (χ4n) is 3.11. The van der Waals surface area contributed by atoms with Crippen molar-refractivity contribution < 1.29 is 10.2 Å². The molecule has 1 unspecified atom stereocenters. The van der Waals surface area contributed by atoms with E-state index in [2.05, 4.69) is 44.2 Å². The molecule has 0 bridgehead atoms. The van der Waals surface area contributed by atoms with Crippen molar-refractivity contribution in [3.63, 3.8) is 0 Å². The van der Waals surface area contributed by atoms with Crippen molar-refractivity contribution in [2.45, 2.75) is 39.2 Å². The summed E-state index contributed by atoms with van der Waals surface area (Å²) in [7, 11) is 0. The third-order valence-corrected chi connectivity index (χ3v) is 4.20. The fourth-order valence-corrected chi connectivity index (χ4v) is 3.11. The second kappa shape index (κ2) is 8.66. The topological polar surface area (TPSA) is 40.5 Å². The summed E-state index contributed by atoms with van der Waals surface area (Å²) in [6.07, 6.45) is 1.66. The van der Waals surface area contributed by atoms with Gasteiger partial charge in [0.05, 0.1) is 12.7 Å². The predicted molar refractivity (Wildman–Crippen MR) is 97.1 cm³/mol. The molecule has 0 aliphatic heterocycles. The molecule has 0 fully saturated rings. The van der Waals surface area contributed by atoms with E-state index in [4.69, 9.17) is 5.11 Å². The van der Waals surface area contributed by atoms with Crippen LogP contribution in [0.15, 0.2) is 54.6 Å². The van der Waals surface area contributed by atoms with Gasteiger partial charge in [0.15, 0.2) is 0 Å². The maximum absolute atomic E-state index is 9.84. The van der Waals surface area contributed by atoms with Crippen LogP contribution in [0.2, 0.25) is 0 Å². The van der Waals surface area contributed by atoms with Crippen molar-refractivity contribution in [2.24, 2.45) is 0 Å². The molecule has 1 atom stereocenters. The van der Waals surface area contributed by atoms with Gasteiger partial charge in [-0.1, -0.05) is 68.4 Å². The van der Waals surface area contributed by atoms with Crippen LogP contribution in [0.4, 0.5) is 0 Å². The molecule has 0 spiro atoms. The average Bonchev–Trinajstić information content (AvgIpc) is 2.61. The fraction of sp³-hybridized carbons (Fsp3) is 0.333. The van der Waals surface area contributed by atoms with Crippen LogP contribution in [0, 0.1) is 0 Å². The number of aliphatic hydroxyl groups excluding tert-OH is 2. The molecule has 2 nitrogen and oxygen atoms in total. The van der Waals surface area contributed by atoms with Crippen LogP contribution in [0.5, 0.6) is 0 Å². The number of hydrogen-bond acceptors (Lipinski definition) is 2. The number of benzene rings is 2. The maximum atomic E-state index is 9.84. The largest absolute Gasteiger partial charge is 0.394 e. The first-order valence-electron chi connectivity index (χ1n) is 8.35. The molecule has 0 aliphatic carbocycles. The van der Waals surface area contributed by atoms with Crippen LogP contribution in [-0.2, 0) is 6.42 Å². The van der Waals surface area contributed by atoms with Crippen LogP contribution >= 0.6 is 0 Å². The number of rotatable bonds is 7. The Morgan fingerprint density at radius 2 is 1.48 bits per heavy atom. The Morgan fingerprint density at radius 1 is 0.870 bits per heavy atom. The minimum atomic E-state index is -0.712. The van der Waals surface area contributed by atoms with Crippen LogP contribution in [0.25, 0.3) is 11.1 Å². The summed E-state index contributed by atoms with van der Waals surface area (Å²) in [6, 6.07) is 18.7. The van der Waals surface area contributed by atoms with E-state index in [1.54, 1.807) is 0 Å². The Labute approximate surface area is 139 Å². The molecule has 2 heteroatoms. The second-order valence-corrected chi connectivity index (χ2v) is 5.73. The highest BCUT2D eigenvalue weighted by Crippen LogP contribution is 2.33. The summed E-state index contributed by atoms with van der Waals surface area (Å²) < 4.78 is 0. The molecule has 122 valence electrons. The number of hydrogen-bond donors (Lipinski definition) is 2. The molecule has 2 aromatic rings. The normalized spacial score (nSPS) is 13.6. The summed E-state index contributed by atoms with van der Waals surface area (Å²) in [5.41, 5.74) is 6.19. The van der Waals surface area contributed by atoms with Crippen molar-refractivity contribution in [2.75, 3.05) is 6.61 Å².